The van der Waals surface area contributed by atoms with Crippen molar-refractivity contribution in [3.63, 3.8) is 0 Å². The highest BCUT2D eigenvalue weighted by Crippen LogP contribution is 2.38. The lowest BCUT2D eigenvalue weighted by atomic mass is 10.1. The second-order valence-electron chi connectivity index (χ2n) is 17.1. The van der Waals surface area contributed by atoms with Crippen LogP contribution in [0.5, 0.6) is 0 Å². The van der Waals surface area contributed by atoms with Gasteiger partial charge in [0, 0.05) is 6.42 Å². The molecule has 8 nitrogen and oxygen atoms in total. The summed E-state index contributed by atoms with van der Waals surface area (Å²) < 4.78 is 23.1. The van der Waals surface area contributed by atoms with Gasteiger partial charge in [0.2, 0.25) is 5.91 Å². The number of nitrogens with one attached hydrogen (secondary N) is 1. The molecule has 0 bridgehead atoms. The molecule has 2 N–H and O–H groups in total. The zero-order valence-electron chi connectivity index (χ0n) is 40.0. The van der Waals surface area contributed by atoms with E-state index in [4.69, 9.17) is 9.05 Å². The molecule has 62 heavy (non-hydrogen) atoms. The normalized spacial score (nSPS) is 15.1. The lowest BCUT2D eigenvalue weighted by Gasteiger charge is -2.29. The zero-order valence-corrected chi connectivity index (χ0v) is 40.9. The van der Waals surface area contributed by atoms with Gasteiger partial charge in [-0.3, -0.25) is 9.36 Å². The first-order valence-electron chi connectivity index (χ1n) is 24.2. The number of unbranched alkanes of at least 4 members (excludes halogenated alkanes) is 13. The van der Waals surface area contributed by atoms with Crippen LogP contribution >= 0.6 is 7.82 Å². The van der Waals surface area contributed by atoms with Crippen LogP contribution in [0.4, 0.5) is 0 Å². The quantitative estimate of drug-likeness (QED) is 0.0274. The van der Waals surface area contributed by atoms with Gasteiger partial charge in [0.1, 0.15) is 13.2 Å². The summed E-state index contributed by atoms with van der Waals surface area (Å²) in [6, 6.07) is -0.895. The molecule has 0 aromatic carbocycles. The van der Waals surface area contributed by atoms with Gasteiger partial charge in [-0.2, -0.15) is 0 Å². The standard InChI is InChI=1S/C53H91N2O6P/c1-6-8-10-12-14-15-16-17-18-19-20-21-22-23-24-25-26-27-28-29-30-31-32-33-34-35-36-37-38-39-41-43-45-47-53(57)54-51(52(56)46-44-42-40-13-11-9-7-2)50-61-62(58,59)60-49-48-55(3,4)5/h8,10,14-15,17-18,20-21,23-24,26-27,29-30,32-33,44,46,51-52,56H,6-7,9,11-13,16,19,22,25,28,31,34-43,45,47-50H2,1-5H3,(H-,54,57,58,59)/b10-8-,15-14-,18-17-,21-20-,24-23-,27-26-,30-29-,33-32-,46-44+. The second kappa shape index (κ2) is 43.4. The molecule has 0 rings (SSSR count). The van der Waals surface area contributed by atoms with E-state index in [0.717, 1.165) is 103 Å². The SMILES string of the molecule is CC/C=C\C/C=C\C/C=C\C/C=C\C/C=C\C/C=C\C/C=C\C/C=C\CCCCCCCCCCC(=O)NC(COP(=O)([O-])OCC[N+](C)(C)C)C(O)/C=C/CCCCCCC. The van der Waals surface area contributed by atoms with Crippen molar-refractivity contribution in [1.82, 2.24) is 5.32 Å². The summed E-state index contributed by atoms with van der Waals surface area (Å²) in [6.07, 6.45) is 63.2. The van der Waals surface area contributed by atoms with Crippen molar-refractivity contribution in [1.29, 1.82) is 0 Å². The van der Waals surface area contributed by atoms with Gasteiger partial charge in [-0.05, 0) is 83.5 Å². The van der Waals surface area contributed by atoms with Crippen molar-refractivity contribution in [2.75, 3.05) is 40.9 Å². The van der Waals surface area contributed by atoms with Crippen LogP contribution in [0.15, 0.2) is 109 Å². The number of likely N-dealkylation sites (N-methyl/N-ethyl adjacent to an activating group) is 1. The van der Waals surface area contributed by atoms with Crippen molar-refractivity contribution in [2.45, 2.75) is 180 Å². The van der Waals surface area contributed by atoms with E-state index in [2.05, 4.69) is 116 Å². The summed E-state index contributed by atoms with van der Waals surface area (Å²) in [5, 5.41) is 13.7. The Hall–Kier alpha value is -2.84. The summed E-state index contributed by atoms with van der Waals surface area (Å²) in [5.74, 6) is -0.217. The van der Waals surface area contributed by atoms with Crippen LogP contribution in [-0.4, -0.2) is 68.5 Å². The molecule has 0 saturated carbocycles. The van der Waals surface area contributed by atoms with Crippen LogP contribution in [-0.2, 0) is 18.4 Å². The van der Waals surface area contributed by atoms with Gasteiger partial charge in [-0.25, -0.2) is 0 Å². The van der Waals surface area contributed by atoms with Crippen LogP contribution in [0.3, 0.4) is 0 Å². The first-order chi connectivity index (χ1) is 30.0. The van der Waals surface area contributed by atoms with Gasteiger partial charge < -0.3 is 28.8 Å². The molecule has 9 heteroatoms. The molecule has 0 aliphatic carbocycles. The minimum atomic E-state index is -4.59. The van der Waals surface area contributed by atoms with Gasteiger partial charge >= 0.3 is 0 Å². The maximum absolute atomic E-state index is 12.8. The molecule has 0 heterocycles. The van der Waals surface area contributed by atoms with Crippen LogP contribution in [0.25, 0.3) is 0 Å². The molecular formula is C53H91N2O6P. The Labute approximate surface area is 381 Å². The van der Waals surface area contributed by atoms with E-state index < -0.39 is 26.6 Å². The van der Waals surface area contributed by atoms with Crippen molar-refractivity contribution < 1.29 is 32.9 Å². The number of phosphoric ester groups is 1. The van der Waals surface area contributed by atoms with E-state index in [-0.39, 0.29) is 12.5 Å². The number of hydrogen-bond acceptors (Lipinski definition) is 6. The molecule has 0 radical (unpaired) electrons. The minimum absolute atomic E-state index is 0.00905. The third-order valence-corrected chi connectivity index (χ3v) is 11.0. The highest BCUT2D eigenvalue weighted by atomic mass is 31.2. The Balaban J connectivity index is 4.10. The molecule has 0 aliphatic heterocycles. The molecule has 0 saturated heterocycles. The Bertz CT molecular complexity index is 1370. The van der Waals surface area contributed by atoms with Crippen LogP contribution in [0.2, 0.25) is 0 Å². The number of quaternary nitrogens is 1. The Kier molecular flexibility index (Phi) is 41.4. The number of rotatable bonds is 42. The predicted octanol–water partition coefficient (Wildman–Crippen LogP) is 13.4. The average Bonchev–Trinajstić information content (AvgIpc) is 3.23. The molecule has 1 amide bonds. The summed E-state index contributed by atoms with van der Waals surface area (Å²) in [5.41, 5.74) is 0. The number of carbonyl (C=O) groups is 1. The molecular weight excluding hydrogens is 792 g/mol. The maximum atomic E-state index is 12.8. The third-order valence-electron chi connectivity index (χ3n) is 9.99. The van der Waals surface area contributed by atoms with Crippen LogP contribution < -0.4 is 10.2 Å². The van der Waals surface area contributed by atoms with Crippen molar-refractivity contribution in [2.24, 2.45) is 0 Å². The molecule has 354 valence electrons. The van der Waals surface area contributed by atoms with Crippen LogP contribution in [0, 0.1) is 0 Å². The second-order valence-corrected chi connectivity index (χ2v) is 18.5. The Morgan fingerprint density at radius 1 is 0.581 bits per heavy atom. The topological polar surface area (TPSA) is 108 Å². The highest BCUT2D eigenvalue weighted by Gasteiger charge is 2.23. The van der Waals surface area contributed by atoms with Crippen molar-refractivity contribution in [3.05, 3.63) is 109 Å². The fourth-order valence-corrected chi connectivity index (χ4v) is 6.89. The van der Waals surface area contributed by atoms with Gasteiger partial charge in [0.15, 0.2) is 0 Å². The molecule has 0 spiro atoms. The molecule has 3 unspecified atom stereocenters. The van der Waals surface area contributed by atoms with Crippen molar-refractivity contribution in [3.8, 4) is 0 Å². The number of aliphatic hydroxyl groups excluding tert-OH is 1. The van der Waals surface area contributed by atoms with Crippen molar-refractivity contribution >= 4 is 13.7 Å². The lowest BCUT2D eigenvalue weighted by molar-refractivity contribution is -0.870. The van der Waals surface area contributed by atoms with E-state index >= 15 is 0 Å². The molecule has 0 aliphatic rings. The van der Waals surface area contributed by atoms with Gasteiger partial charge in [0.25, 0.3) is 7.82 Å². The first-order valence-corrected chi connectivity index (χ1v) is 25.7. The van der Waals surface area contributed by atoms with E-state index in [0.29, 0.717) is 17.4 Å². The summed E-state index contributed by atoms with van der Waals surface area (Å²) >= 11 is 0. The molecule has 0 fully saturated rings. The van der Waals surface area contributed by atoms with Gasteiger partial charge in [-0.1, -0.05) is 187 Å². The van der Waals surface area contributed by atoms with Gasteiger partial charge in [0.05, 0.1) is 39.9 Å². The zero-order chi connectivity index (χ0) is 45.7. The average molecular weight is 883 g/mol. The van der Waals surface area contributed by atoms with E-state index in [1.807, 2.05) is 27.2 Å². The lowest BCUT2D eigenvalue weighted by Crippen LogP contribution is -2.45. The fourth-order valence-electron chi connectivity index (χ4n) is 6.17. The smallest absolute Gasteiger partial charge is 0.268 e. The monoisotopic (exact) mass is 883 g/mol. The number of nitrogens with zero attached hydrogens (tertiary/aromatic N) is 1. The highest BCUT2D eigenvalue weighted by molar-refractivity contribution is 7.45. The Morgan fingerprint density at radius 3 is 1.44 bits per heavy atom. The largest absolute Gasteiger partial charge is 0.756 e. The maximum Gasteiger partial charge on any atom is 0.268 e. The van der Waals surface area contributed by atoms with Crippen LogP contribution in [0.1, 0.15) is 168 Å². The van der Waals surface area contributed by atoms with E-state index in [1.165, 1.54) is 44.9 Å². The predicted molar refractivity (Wildman–Crippen MR) is 265 cm³/mol. The summed E-state index contributed by atoms with van der Waals surface area (Å²) in [4.78, 5) is 25.2. The number of aliphatic hydroxyl groups is 1. The minimum Gasteiger partial charge on any atom is -0.756 e. The number of hydrogen-bond donors (Lipinski definition) is 2. The summed E-state index contributed by atoms with van der Waals surface area (Å²) in [6.45, 7) is 4.43. The van der Waals surface area contributed by atoms with Gasteiger partial charge in [-0.15, -0.1) is 0 Å². The third kappa shape index (κ3) is 45.2. The number of amides is 1. The number of phosphoric acid groups is 1. The molecule has 0 aromatic heterocycles. The van der Waals surface area contributed by atoms with E-state index in [1.54, 1.807) is 6.08 Å². The Morgan fingerprint density at radius 2 is 0.984 bits per heavy atom. The molecule has 3 atom stereocenters. The fraction of sp³-hybridized carbons (Fsp3) is 0.642. The number of carbonyl (C=O) groups excluding carboxylic acids is 1. The summed E-state index contributed by atoms with van der Waals surface area (Å²) in [7, 11) is 1.23. The molecule has 0 aromatic rings. The number of allylic oxidation sites excluding steroid dienone is 17. The van der Waals surface area contributed by atoms with E-state index in [9.17, 15) is 19.4 Å². The first kappa shape index (κ1) is 59.2.